The van der Waals surface area contributed by atoms with Crippen molar-refractivity contribution < 1.29 is 18.4 Å². The molecule has 0 bridgehead atoms. The molecule has 0 unspecified atom stereocenters. The van der Waals surface area contributed by atoms with Gasteiger partial charge in [0, 0.05) is 17.5 Å². The number of hydrogen-bond donors (Lipinski definition) is 2. The monoisotopic (exact) mass is 486 g/mol. The zero-order valence-corrected chi connectivity index (χ0v) is 20.1. The standard InChI is InChI=1S/C25H27ClN2O4S/c1-18-8-14-23(15-9-18)33(30,31)27-16-24(25(29)21-10-12-22(26)13-11-21)19(2)28-32-17-20-6-4-3-5-7-20/h3-15,24-25,27,29H,16-17H2,1-2H3/b28-19-/t24-,25+/m0/s1. The number of aliphatic hydroxyl groups excluding tert-OH is 1. The predicted molar refractivity (Wildman–Crippen MR) is 131 cm³/mol. The molecule has 3 aromatic carbocycles. The molecule has 0 radical (unpaired) electrons. The van der Waals surface area contributed by atoms with Crippen molar-refractivity contribution in [1.29, 1.82) is 0 Å². The van der Waals surface area contributed by atoms with E-state index in [4.69, 9.17) is 16.4 Å². The Bertz CT molecular complexity index is 1170. The van der Waals surface area contributed by atoms with Crippen molar-refractivity contribution in [3.05, 3.63) is 101 Å². The molecule has 2 N–H and O–H groups in total. The first kappa shape index (κ1) is 24.9. The van der Waals surface area contributed by atoms with Crippen molar-refractivity contribution >= 4 is 27.3 Å². The molecule has 3 rings (SSSR count). The van der Waals surface area contributed by atoms with E-state index in [1.807, 2.05) is 37.3 Å². The van der Waals surface area contributed by atoms with Crippen molar-refractivity contribution in [3.63, 3.8) is 0 Å². The number of aryl methyl sites for hydroxylation is 1. The van der Waals surface area contributed by atoms with Gasteiger partial charge in [0.2, 0.25) is 10.0 Å². The third-order valence-corrected chi connectivity index (χ3v) is 6.93. The van der Waals surface area contributed by atoms with Crippen molar-refractivity contribution in [3.8, 4) is 0 Å². The summed E-state index contributed by atoms with van der Waals surface area (Å²) in [5.74, 6) is -0.665. The lowest BCUT2D eigenvalue weighted by Gasteiger charge is -2.23. The summed E-state index contributed by atoms with van der Waals surface area (Å²) < 4.78 is 28.2. The van der Waals surface area contributed by atoms with Gasteiger partial charge in [0.25, 0.3) is 0 Å². The summed E-state index contributed by atoms with van der Waals surface area (Å²) in [6.07, 6.45) is -1.02. The van der Waals surface area contributed by atoms with E-state index in [-0.39, 0.29) is 18.0 Å². The zero-order valence-electron chi connectivity index (χ0n) is 18.5. The molecule has 8 heteroatoms. The minimum atomic E-state index is -3.77. The summed E-state index contributed by atoms with van der Waals surface area (Å²) in [7, 11) is -3.77. The maximum atomic E-state index is 12.8. The molecule has 0 amide bonds. The molecule has 0 aromatic heterocycles. The molecule has 33 heavy (non-hydrogen) atoms. The van der Waals surface area contributed by atoms with Crippen molar-refractivity contribution in [2.75, 3.05) is 6.54 Å². The summed E-state index contributed by atoms with van der Waals surface area (Å²) >= 11 is 5.97. The van der Waals surface area contributed by atoms with E-state index >= 15 is 0 Å². The average Bonchev–Trinajstić information content (AvgIpc) is 2.80. The third kappa shape index (κ3) is 7.14. The van der Waals surface area contributed by atoms with Crippen LogP contribution in [-0.4, -0.2) is 25.8 Å². The molecule has 0 aliphatic carbocycles. The van der Waals surface area contributed by atoms with Crippen molar-refractivity contribution in [1.82, 2.24) is 4.72 Å². The lowest BCUT2D eigenvalue weighted by Crippen LogP contribution is -2.35. The average molecular weight is 487 g/mol. The van der Waals surface area contributed by atoms with Gasteiger partial charge in [0.1, 0.15) is 6.61 Å². The van der Waals surface area contributed by atoms with Gasteiger partial charge in [-0.15, -0.1) is 0 Å². The highest BCUT2D eigenvalue weighted by atomic mass is 35.5. The van der Waals surface area contributed by atoms with Crippen LogP contribution >= 0.6 is 11.6 Å². The number of hydrogen-bond acceptors (Lipinski definition) is 5. The maximum absolute atomic E-state index is 12.8. The normalized spacial score (nSPS) is 14.0. The summed E-state index contributed by atoms with van der Waals surface area (Å²) in [6, 6.07) is 22.9. The van der Waals surface area contributed by atoms with E-state index in [0.717, 1.165) is 11.1 Å². The maximum Gasteiger partial charge on any atom is 0.240 e. The fourth-order valence-corrected chi connectivity index (χ4v) is 4.42. The van der Waals surface area contributed by atoms with Gasteiger partial charge in [-0.2, -0.15) is 0 Å². The summed E-state index contributed by atoms with van der Waals surface area (Å²) in [6.45, 7) is 3.79. The number of nitrogens with zero attached hydrogens (tertiary/aromatic N) is 1. The van der Waals surface area contributed by atoms with Crippen LogP contribution in [0.25, 0.3) is 0 Å². The Morgan fingerprint density at radius 2 is 1.67 bits per heavy atom. The number of rotatable bonds is 10. The molecule has 0 saturated carbocycles. The number of benzene rings is 3. The summed E-state index contributed by atoms with van der Waals surface area (Å²) in [5.41, 5.74) is 2.96. The van der Waals surface area contributed by atoms with Crippen LogP contribution in [0.3, 0.4) is 0 Å². The van der Waals surface area contributed by atoms with Gasteiger partial charge in [0.15, 0.2) is 0 Å². The lowest BCUT2D eigenvalue weighted by atomic mass is 9.92. The molecule has 0 saturated heterocycles. The molecular weight excluding hydrogens is 460 g/mol. The van der Waals surface area contributed by atoms with Crippen LogP contribution in [0, 0.1) is 12.8 Å². The first-order valence-corrected chi connectivity index (χ1v) is 12.3. The van der Waals surface area contributed by atoms with Crippen LogP contribution in [0.1, 0.15) is 29.7 Å². The highest BCUT2D eigenvalue weighted by molar-refractivity contribution is 7.89. The van der Waals surface area contributed by atoms with Crippen LogP contribution in [0.4, 0.5) is 0 Å². The van der Waals surface area contributed by atoms with Gasteiger partial charge in [0.05, 0.1) is 16.7 Å². The van der Waals surface area contributed by atoms with Crippen molar-refractivity contribution in [2.24, 2.45) is 11.1 Å². The number of oxime groups is 1. The summed E-state index contributed by atoms with van der Waals surface area (Å²) in [4.78, 5) is 5.63. The van der Waals surface area contributed by atoms with Gasteiger partial charge >= 0.3 is 0 Å². The second kappa shape index (κ2) is 11.4. The molecular formula is C25H27ClN2O4S. The van der Waals surface area contributed by atoms with Crippen molar-refractivity contribution in [2.45, 2.75) is 31.5 Å². The number of sulfonamides is 1. The molecule has 0 aliphatic rings. The first-order chi connectivity index (χ1) is 15.8. The highest BCUT2D eigenvalue weighted by Crippen LogP contribution is 2.25. The fourth-order valence-electron chi connectivity index (χ4n) is 3.23. The minimum Gasteiger partial charge on any atom is -0.391 e. The topological polar surface area (TPSA) is 88.0 Å². The quantitative estimate of drug-likeness (QED) is 0.316. The van der Waals surface area contributed by atoms with E-state index in [1.165, 1.54) is 0 Å². The van der Waals surface area contributed by atoms with Crippen LogP contribution in [0.15, 0.2) is 88.9 Å². The van der Waals surface area contributed by atoms with Crippen LogP contribution in [0.5, 0.6) is 0 Å². The van der Waals surface area contributed by atoms with Gasteiger partial charge in [-0.25, -0.2) is 13.1 Å². The van der Waals surface area contributed by atoms with Gasteiger partial charge in [-0.05, 0) is 49.2 Å². The SMILES string of the molecule is C/C(=N/OCc1ccccc1)[C@H](CNS(=O)(=O)c1ccc(C)cc1)[C@H](O)c1ccc(Cl)cc1. The predicted octanol–water partition coefficient (Wildman–Crippen LogP) is 4.87. The fraction of sp³-hybridized carbons (Fsp3) is 0.240. The minimum absolute atomic E-state index is 0.0654. The largest absolute Gasteiger partial charge is 0.391 e. The number of aliphatic hydroxyl groups is 1. The van der Waals surface area contributed by atoms with E-state index in [1.54, 1.807) is 55.5 Å². The van der Waals surface area contributed by atoms with Crippen LogP contribution in [-0.2, 0) is 21.5 Å². The molecule has 3 aromatic rings. The van der Waals surface area contributed by atoms with Crippen LogP contribution in [0.2, 0.25) is 5.02 Å². The van der Waals surface area contributed by atoms with Gasteiger partial charge < -0.3 is 9.94 Å². The van der Waals surface area contributed by atoms with Crippen LogP contribution < -0.4 is 4.72 Å². The third-order valence-electron chi connectivity index (χ3n) is 5.24. The zero-order chi connectivity index (χ0) is 23.8. The Morgan fingerprint density at radius 1 is 1.03 bits per heavy atom. The smallest absolute Gasteiger partial charge is 0.240 e. The van der Waals surface area contributed by atoms with Gasteiger partial charge in [-0.1, -0.05) is 76.9 Å². The molecule has 2 atom stereocenters. The molecule has 174 valence electrons. The van der Waals surface area contributed by atoms with E-state index in [0.29, 0.717) is 16.3 Å². The second-order valence-corrected chi connectivity index (χ2v) is 9.96. The molecule has 6 nitrogen and oxygen atoms in total. The molecule has 0 heterocycles. The Balaban J connectivity index is 1.78. The van der Waals surface area contributed by atoms with E-state index in [9.17, 15) is 13.5 Å². The molecule has 0 aliphatic heterocycles. The Hall–Kier alpha value is -2.71. The highest BCUT2D eigenvalue weighted by Gasteiger charge is 2.27. The molecule has 0 spiro atoms. The Labute approximate surface area is 199 Å². The van der Waals surface area contributed by atoms with E-state index < -0.39 is 22.0 Å². The second-order valence-electron chi connectivity index (χ2n) is 7.76. The number of nitrogens with one attached hydrogen (secondary N) is 1. The number of halogens is 1. The Kier molecular flexibility index (Phi) is 8.63. The lowest BCUT2D eigenvalue weighted by molar-refractivity contribution is 0.116. The Morgan fingerprint density at radius 3 is 2.30 bits per heavy atom. The first-order valence-electron chi connectivity index (χ1n) is 10.5. The van der Waals surface area contributed by atoms with E-state index in [2.05, 4.69) is 9.88 Å². The van der Waals surface area contributed by atoms with Gasteiger partial charge in [-0.3, -0.25) is 0 Å². The molecule has 0 fully saturated rings. The summed E-state index contributed by atoms with van der Waals surface area (Å²) in [5, 5.41) is 15.8.